The van der Waals surface area contributed by atoms with Gasteiger partial charge in [0.05, 0.1) is 13.0 Å². The minimum atomic E-state index is -0.347. The van der Waals surface area contributed by atoms with Gasteiger partial charge in [0.1, 0.15) is 5.75 Å². The van der Waals surface area contributed by atoms with Crippen LogP contribution in [0.4, 0.5) is 0 Å². The maximum absolute atomic E-state index is 12.3. The monoisotopic (exact) mass is 307 g/mol. The molecule has 0 aliphatic heterocycles. The van der Waals surface area contributed by atoms with Crippen molar-refractivity contribution < 1.29 is 19.1 Å². The molecule has 0 fully saturated rings. The highest BCUT2D eigenvalue weighted by Gasteiger charge is 2.21. The topological polar surface area (TPSA) is 55.8 Å². The smallest absolute Gasteiger partial charge is 0.310 e. The van der Waals surface area contributed by atoms with Crippen LogP contribution < -0.4 is 4.74 Å². The lowest BCUT2D eigenvalue weighted by atomic mass is 10.1. The van der Waals surface area contributed by atoms with Crippen LogP contribution in [0.5, 0.6) is 5.75 Å². The van der Waals surface area contributed by atoms with E-state index in [1.165, 1.54) is 7.11 Å². The Balaban J connectivity index is 2.57. The van der Waals surface area contributed by atoms with Crippen molar-refractivity contribution in [3.63, 3.8) is 0 Å². The van der Waals surface area contributed by atoms with Crippen LogP contribution in [-0.2, 0) is 14.3 Å². The van der Waals surface area contributed by atoms with Gasteiger partial charge < -0.3 is 14.4 Å². The van der Waals surface area contributed by atoms with Crippen molar-refractivity contribution in [2.24, 2.45) is 5.92 Å². The summed E-state index contributed by atoms with van der Waals surface area (Å²) in [5, 5.41) is 0. The third-order valence-corrected chi connectivity index (χ3v) is 3.33. The first-order valence-electron chi connectivity index (χ1n) is 7.53. The van der Waals surface area contributed by atoms with Crippen LogP contribution in [-0.4, -0.2) is 43.6 Å². The highest BCUT2D eigenvalue weighted by molar-refractivity contribution is 5.79. The molecule has 5 nitrogen and oxygen atoms in total. The van der Waals surface area contributed by atoms with Crippen molar-refractivity contribution in [2.75, 3.05) is 26.8 Å². The summed E-state index contributed by atoms with van der Waals surface area (Å²) in [7, 11) is 1.35. The summed E-state index contributed by atoms with van der Waals surface area (Å²) in [5.41, 5.74) is 1.14. The maximum atomic E-state index is 12.3. The summed E-state index contributed by atoms with van der Waals surface area (Å²) in [6, 6.07) is 7.54. The van der Waals surface area contributed by atoms with Crippen molar-refractivity contribution in [1.82, 2.24) is 4.90 Å². The first-order valence-corrected chi connectivity index (χ1v) is 7.53. The molecule has 0 bridgehead atoms. The molecule has 1 rings (SSSR count). The number of methoxy groups -OCH3 is 1. The first kappa shape index (κ1) is 18.0. The Morgan fingerprint density at radius 1 is 1.23 bits per heavy atom. The fourth-order valence-electron chi connectivity index (χ4n) is 2.06. The number of rotatable bonds is 8. The number of amides is 1. The lowest BCUT2D eigenvalue weighted by Gasteiger charge is -2.24. The van der Waals surface area contributed by atoms with Gasteiger partial charge in [0, 0.05) is 13.1 Å². The van der Waals surface area contributed by atoms with Gasteiger partial charge >= 0.3 is 5.97 Å². The van der Waals surface area contributed by atoms with E-state index in [0.29, 0.717) is 18.8 Å². The molecule has 0 saturated heterocycles. The van der Waals surface area contributed by atoms with E-state index in [0.717, 1.165) is 12.0 Å². The molecular formula is C17H25NO4. The summed E-state index contributed by atoms with van der Waals surface area (Å²) in [4.78, 5) is 25.4. The molecule has 0 radical (unpaired) electrons. The first-order chi connectivity index (χ1) is 10.5. The second-order valence-electron chi connectivity index (χ2n) is 5.37. The molecule has 0 aromatic heterocycles. The number of aryl methyl sites for hydroxylation is 1. The predicted molar refractivity (Wildman–Crippen MR) is 84.7 cm³/mol. The summed E-state index contributed by atoms with van der Waals surface area (Å²) in [6.07, 6.45) is 0.824. The van der Waals surface area contributed by atoms with E-state index < -0.39 is 0 Å². The molecule has 122 valence electrons. The molecule has 1 atom stereocenters. The fourth-order valence-corrected chi connectivity index (χ4v) is 2.06. The molecule has 22 heavy (non-hydrogen) atoms. The number of esters is 1. The predicted octanol–water partition coefficient (Wildman–Crippen LogP) is 2.42. The molecule has 0 spiro atoms. The Hall–Kier alpha value is -2.04. The zero-order valence-electron chi connectivity index (χ0n) is 13.8. The van der Waals surface area contributed by atoms with Crippen molar-refractivity contribution in [1.29, 1.82) is 0 Å². The number of hydrogen-bond acceptors (Lipinski definition) is 4. The Morgan fingerprint density at radius 2 is 1.86 bits per heavy atom. The summed E-state index contributed by atoms with van der Waals surface area (Å²) >= 11 is 0. The molecule has 1 aromatic carbocycles. The minimum absolute atomic E-state index is 0.0308. The molecular weight excluding hydrogens is 282 g/mol. The Bertz CT molecular complexity index is 484. The Kier molecular flexibility index (Phi) is 7.43. The minimum Gasteiger partial charge on any atom is -0.484 e. The molecule has 0 aliphatic rings. The van der Waals surface area contributed by atoms with E-state index in [2.05, 4.69) is 0 Å². The molecule has 0 saturated carbocycles. The lowest BCUT2D eigenvalue weighted by Crippen LogP contribution is -2.40. The van der Waals surface area contributed by atoms with Gasteiger partial charge in [-0.05, 0) is 25.5 Å². The second-order valence-corrected chi connectivity index (χ2v) is 5.37. The molecule has 0 heterocycles. The zero-order valence-corrected chi connectivity index (χ0v) is 13.8. The van der Waals surface area contributed by atoms with Crippen LogP contribution in [0.1, 0.15) is 25.8 Å². The number of hydrogen-bond donors (Lipinski definition) is 0. The lowest BCUT2D eigenvalue weighted by molar-refractivity contribution is -0.146. The second kappa shape index (κ2) is 9.07. The van der Waals surface area contributed by atoms with E-state index in [1.807, 2.05) is 38.1 Å². The van der Waals surface area contributed by atoms with Crippen LogP contribution in [0.3, 0.4) is 0 Å². The molecule has 1 unspecified atom stereocenters. The largest absolute Gasteiger partial charge is 0.484 e. The number of carbonyl (C=O) groups excluding carboxylic acids is 2. The van der Waals surface area contributed by atoms with Gasteiger partial charge in [-0.1, -0.05) is 31.5 Å². The summed E-state index contributed by atoms with van der Waals surface area (Å²) in [5.74, 6) is -0.122. The standard InChI is InChI=1S/C17H25NO4/c1-5-10-18(11-14(3)17(20)21-4)16(19)12-22-15-8-6-13(2)7-9-15/h6-9,14H,5,10-12H2,1-4H3. The normalized spacial score (nSPS) is 11.6. The summed E-state index contributed by atoms with van der Waals surface area (Å²) < 4.78 is 10.2. The number of carbonyl (C=O) groups is 2. The van der Waals surface area contributed by atoms with Gasteiger partial charge in [0.2, 0.25) is 0 Å². The average Bonchev–Trinajstić information content (AvgIpc) is 2.52. The van der Waals surface area contributed by atoms with Crippen molar-refractivity contribution in [3.05, 3.63) is 29.8 Å². The molecule has 5 heteroatoms. The van der Waals surface area contributed by atoms with E-state index >= 15 is 0 Å². The van der Waals surface area contributed by atoms with Crippen molar-refractivity contribution in [3.8, 4) is 5.75 Å². The highest BCUT2D eigenvalue weighted by atomic mass is 16.5. The third kappa shape index (κ3) is 5.76. The molecule has 0 N–H and O–H groups in total. The van der Waals surface area contributed by atoms with Gasteiger partial charge in [-0.2, -0.15) is 0 Å². The molecule has 1 amide bonds. The summed E-state index contributed by atoms with van der Waals surface area (Å²) in [6.45, 7) is 6.64. The third-order valence-electron chi connectivity index (χ3n) is 3.33. The Labute approximate surface area is 132 Å². The van der Waals surface area contributed by atoms with E-state index in [1.54, 1.807) is 11.8 Å². The maximum Gasteiger partial charge on any atom is 0.310 e. The highest BCUT2D eigenvalue weighted by Crippen LogP contribution is 2.12. The quantitative estimate of drug-likeness (QED) is 0.692. The van der Waals surface area contributed by atoms with Gasteiger partial charge in [0.15, 0.2) is 6.61 Å². The molecule has 1 aromatic rings. The van der Waals surface area contributed by atoms with Gasteiger partial charge in [-0.25, -0.2) is 0 Å². The van der Waals surface area contributed by atoms with E-state index in [4.69, 9.17) is 9.47 Å². The number of benzene rings is 1. The van der Waals surface area contributed by atoms with Crippen LogP contribution in [0.25, 0.3) is 0 Å². The van der Waals surface area contributed by atoms with E-state index in [9.17, 15) is 9.59 Å². The van der Waals surface area contributed by atoms with Gasteiger partial charge in [-0.15, -0.1) is 0 Å². The van der Waals surface area contributed by atoms with Crippen LogP contribution in [0.2, 0.25) is 0 Å². The SMILES string of the molecule is CCCN(CC(C)C(=O)OC)C(=O)COc1ccc(C)cc1. The van der Waals surface area contributed by atoms with E-state index in [-0.39, 0.29) is 24.4 Å². The fraction of sp³-hybridized carbons (Fsp3) is 0.529. The van der Waals surface area contributed by atoms with Crippen molar-refractivity contribution in [2.45, 2.75) is 27.2 Å². The Morgan fingerprint density at radius 3 is 2.41 bits per heavy atom. The van der Waals surface area contributed by atoms with Crippen molar-refractivity contribution >= 4 is 11.9 Å². The van der Waals surface area contributed by atoms with Gasteiger partial charge in [-0.3, -0.25) is 9.59 Å². The van der Waals surface area contributed by atoms with Crippen LogP contribution in [0.15, 0.2) is 24.3 Å². The molecule has 0 aliphatic carbocycles. The zero-order chi connectivity index (χ0) is 16.5. The van der Waals surface area contributed by atoms with Crippen LogP contribution in [0, 0.1) is 12.8 Å². The van der Waals surface area contributed by atoms with Crippen LogP contribution >= 0.6 is 0 Å². The van der Waals surface area contributed by atoms with Gasteiger partial charge in [0.25, 0.3) is 5.91 Å². The average molecular weight is 307 g/mol. The number of ether oxygens (including phenoxy) is 2. The number of nitrogens with zero attached hydrogens (tertiary/aromatic N) is 1.